The fourth-order valence-electron chi connectivity index (χ4n) is 5.12. The number of hydrogen-bond acceptors (Lipinski definition) is 10. The zero-order chi connectivity index (χ0) is 40.6. The van der Waals surface area contributed by atoms with E-state index < -0.39 is 13.0 Å². The Labute approximate surface area is 416 Å². The SMILES string of the molecule is C.C.CCCCCCCOC(=O)CCCCCCCOC(=O)CCCCCCCO[C-]=O.CCCCCCCOC(=O)CCCCCCCO[C-]=O.[Cl][Rh]([Cl])[Cl].[Rh].[Rh].[Rh]. The van der Waals surface area contributed by atoms with E-state index in [0.717, 1.165) is 122 Å². The Hall–Kier alpha value is 0.714. The Morgan fingerprint density at radius 3 is 0.831 bits per heavy atom. The fraction of sp³-hybridized carbons (Fsp3) is 0.881. The Kier molecular flexibility index (Phi) is 91.8. The van der Waals surface area contributed by atoms with Gasteiger partial charge in [0.1, 0.15) is 0 Å². The quantitative estimate of drug-likeness (QED) is 0.0194. The zero-order valence-electron chi connectivity index (χ0n) is 34.4. The van der Waals surface area contributed by atoms with Gasteiger partial charge in [0.15, 0.2) is 0 Å². The number of unbranched alkanes of at least 4 members (excludes halogenated alkanes) is 20. The van der Waals surface area contributed by atoms with Crippen molar-refractivity contribution in [1.82, 2.24) is 0 Å². The number of halogens is 3. The summed E-state index contributed by atoms with van der Waals surface area (Å²) in [5.41, 5.74) is 0. The molecule has 59 heavy (non-hydrogen) atoms. The Morgan fingerprint density at radius 2 is 0.593 bits per heavy atom. The Bertz CT molecular complexity index is 837. The zero-order valence-corrected chi connectivity index (χ0v) is 43.2. The van der Waals surface area contributed by atoms with Crippen LogP contribution in [0.1, 0.15) is 208 Å². The molecule has 0 spiro atoms. The second-order valence-electron chi connectivity index (χ2n) is 13.0. The Balaban J connectivity index is -0.000000131. The maximum absolute atomic E-state index is 11.7. The molecule has 0 aliphatic heterocycles. The third-order valence-electron chi connectivity index (χ3n) is 8.18. The standard InChI is InChI=1S/C24H43O6.C16H29O4.2CH4.3ClH.4Rh/c1-2-3-4-9-15-20-29-23(26)18-13-8-6-11-16-21-30-24(27)17-12-7-5-10-14-19-28-22-25;1-2-3-4-7-11-14-20-16(18)12-9-6-5-8-10-13-19-15-17;;;;;;;;;/h2-21H2,1H3;2-14H2,1H3;2*1H4;3*1H;;;;/q2*-1;;;;;;;;;+3/p-3. The number of ether oxygens (including phenoxy) is 5. The third-order valence-corrected chi connectivity index (χ3v) is 8.18. The van der Waals surface area contributed by atoms with Gasteiger partial charge in [0.05, 0.1) is 19.8 Å². The summed E-state index contributed by atoms with van der Waals surface area (Å²) in [6.45, 7) is 9.69. The van der Waals surface area contributed by atoms with E-state index in [4.69, 9.17) is 43.3 Å². The minimum Gasteiger partial charge on any atom is 0 e. The van der Waals surface area contributed by atoms with Crippen LogP contribution in [-0.4, -0.2) is 63.9 Å². The van der Waals surface area contributed by atoms with Crippen molar-refractivity contribution in [2.75, 3.05) is 33.0 Å². The van der Waals surface area contributed by atoms with E-state index in [1.807, 2.05) is 0 Å². The first-order valence-electron chi connectivity index (χ1n) is 20.3. The molecular weight excluding hydrogens is 1180 g/mol. The van der Waals surface area contributed by atoms with E-state index in [2.05, 4.69) is 23.3 Å². The van der Waals surface area contributed by atoms with Gasteiger partial charge >= 0.3 is 60.0 Å². The fourth-order valence-corrected chi connectivity index (χ4v) is 5.12. The normalized spacial score (nSPS) is 9.61. The molecule has 367 valence electrons. The van der Waals surface area contributed by atoms with Crippen LogP contribution in [0.3, 0.4) is 0 Å². The van der Waals surface area contributed by atoms with Gasteiger partial charge in [0.2, 0.25) is 0 Å². The van der Waals surface area contributed by atoms with Crippen molar-refractivity contribution < 1.29 is 119 Å². The molecule has 0 N–H and O–H groups in total. The van der Waals surface area contributed by atoms with E-state index in [1.165, 1.54) is 51.5 Å². The van der Waals surface area contributed by atoms with Gasteiger partial charge in [-0.1, -0.05) is 151 Å². The molecule has 0 unspecified atom stereocenters. The summed E-state index contributed by atoms with van der Waals surface area (Å²) < 4.78 is 24.7. The van der Waals surface area contributed by atoms with Crippen LogP contribution in [0.15, 0.2) is 0 Å². The number of carbonyl (C=O) groups is 3. The van der Waals surface area contributed by atoms with Crippen molar-refractivity contribution in [3.05, 3.63) is 0 Å². The number of rotatable bonds is 38. The molecule has 10 nitrogen and oxygen atoms in total. The minimum atomic E-state index is -1.66. The monoisotopic (exact) mass is 1260 g/mol. The molecule has 3 radical (unpaired) electrons. The van der Waals surface area contributed by atoms with Gasteiger partial charge in [0, 0.05) is 90.9 Å². The van der Waals surface area contributed by atoms with Crippen LogP contribution in [0, 0.1) is 0 Å². The molecule has 17 heteroatoms. The summed E-state index contributed by atoms with van der Waals surface area (Å²) in [6.07, 6.45) is 27.6. The first kappa shape index (κ1) is 77.0. The molecular formula is C42H80Cl3O10Rh4-2. The number of esters is 3. The van der Waals surface area contributed by atoms with E-state index in [-0.39, 0.29) is 91.2 Å². The number of hydrogen-bond donors (Lipinski definition) is 0. The van der Waals surface area contributed by atoms with Crippen molar-refractivity contribution in [2.24, 2.45) is 0 Å². The average Bonchev–Trinajstić information content (AvgIpc) is 3.14. The predicted molar refractivity (Wildman–Crippen MR) is 228 cm³/mol. The van der Waals surface area contributed by atoms with Crippen LogP contribution in [0.25, 0.3) is 0 Å². The minimum absolute atomic E-state index is 0. The number of carbonyl (C=O) groups excluding carboxylic acids is 5. The van der Waals surface area contributed by atoms with E-state index in [1.54, 1.807) is 0 Å². The molecule has 0 fully saturated rings. The van der Waals surface area contributed by atoms with Crippen LogP contribution in [-0.2, 0) is 119 Å². The van der Waals surface area contributed by atoms with Crippen molar-refractivity contribution in [3.63, 3.8) is 0 Å². The molecule has 0 aliphatic carbocycles. The molecule has 0 aromatic rings. The van der Waals surface area contributed by atoms with Crippen LogP contribution in [0.4, 0.5) is 0 Å². The molecule has 0 saturated heterocycles. The molecule has 0 rings (SSSR count). The van der Waals surface area contributed by atoms with Gasteiger partial charge in [-0.3, -0.25) is 14.4 Å². The maximum atomic E-state index is 11.7. The van der Waals surface area contributed by atoms with Crippen LogP contribution in [0.2, 0.25) is 0 Å². The average molecular weight is 1260 g/mol. The van der Waals surface area contributed by atoms with E-state index in [9.17, 15) is 24.0 Å². The van der Waals surface area contributed by atoms with Gasteiger partial charge in [-0.25, -0.2) is 0 Å². The summed E-state index contributed by atoms with van der Waals surface area (Å²) in [5, 5.41) is 0. The smallest absolute Gasteiger partial charge is 0 e. The van der Waals surface area contributed by atoms with E-state index >= 15 is 0 Å². The summed E-state index contributed by atoms with van der Waals surface area (Å²) in [6, 6.07) is 0. The first-order valence-corrected chi connectivity index (χ1v) is 26.7. The summed E-state index contributed by atoms with van der Waals surface area (Å²) in [7, 11) is 14.8. The van der Waals surface area contributed by atoms with Gasteiger partial charge in [-0.15, -0.1) is 0 Å². The maximum Gasteiger partial charge on any atom is 0 e. The molecule has 0 aromatic heterocycles. The van der Waals surface area contributed by atoms with Crippen molar-refractivity contribution in [1.29, 1.82) is 0 Å². The molecule has 0 heterocycles. The molecule has 0 aliphatic rings. The van der Waals surface area contributed by atoms with Gasteiger partial charge < -0.3 is 33.3 Å². The topological polar surface area (TPSA) is 132 Å². The summed E-state index contributed by atoms with van der Waals surface area (Å²) in [5.74, 6) is -0.266. The second kappa shape index (κ2) is 70.4. The van der Waals surface area contributed by atoms with Gasteiger partial charge in [-0.05, 0) is 51.4 Å². The molecule has 0 saturated carbocycles. The first-order chi connectivity index (χ1) is 26.2. The molecule has 0 aromatic carbocycles. The second-order valence-corrected chi connectivity index (χ2v) is 20.5. The third kappa shape index (κ3) is 83.0. The summed E-state index contributed by atoms with van der Waals surface area (Å²) >= 11 is -1.66. The van der Waals surface area contributed by atoms with Crippen LogP contribution < -0.4 is 0 Å². The Morgan fingerprint density at radius 1 is 0.390 bits per heavy atom. The van der Waals surface area contributed by atoms with Crippen LogP contribution in [0.5, 0.6) is 0 Å². The predicted octanol–water partition coefficient (Wildman–Crippen LogP) is 13.1. The largest absolute Gasteiger partial charge is 0 e. The van der Waals surface area contributed by atoms with Crippen LogP contribution >= 0.6 is 29.1 Å². The van der Waals surface area contributed by atoms with Gasteiger partial charge in [-0.2, -0.15) is 0 Å². The molecule has 0 amide bonds. The molecule has 0 atom stereocenters. The van der Waals surface area contributed by atoms with E-state index in [0.29, 0.717) is 52.3 Å². The van der Waals surface area contributed by atoms with Crippen molar-refractivity contribution in [3.8, 4) is 0 Å². The van der Waals surface area contributed by atoms with Crippen molar-refractivity contribution >= 4 is 59.9 Å². The van der Waals surface area contributed by atoms with Crippen molar-refractivity contribution in [2.45, 2.75) is 208 Å². The summed E-state index contributed by atoms with van der Waals surface area (Å²) in [4.78, 5) is 54.3. The van der Waals surface area contributed by atoms with Gasteiger partial charge in [0.25, 0.3) is 0 Å². The molecule has 0 bridgehead atoms.